The Balaban J connectivity index is 2.87. The number of benzene rings is 1. The molecule has 0 radical (unpaired) electrons. The lowest BCUT2D eigenvalue weighted by Crippen LogP contribution is -2.47. The van der Waals surface area contributed by atoms with Crippen molar-refractivity contribution in [3.05, 3.63) is 47.5 Å². The van der Waals surface area contributed by atoms with Gasteiger partial charge in [0.05, 0.1) is 12.1 Å². The number of aliphatic hydroxyl groups is 1. The van der Waals surface area contributed by atoms with Crippen LogP contribution in [0.4, 0.5) is 8.78 Å². The molecule has 1 aromatic rings. The molecule has 0 saturated heterocycles. The SMILES string of the molecule is CCC=CC(=O)NC(CCC)C[C@H](O)[C@H](Cc1cc(F)cc(F)c1)NC(C)=O. The van der Waals surface area contributed by atoms with Gasteiger partial charge < -0.3 is 15.7 Å². The molecular weight excluding hydrogens is 366 g/mol. The summed E-state index contributed by atoms with van der Waals surface area (Å²) in [6.45, 7) is 5.20. The van der Waals surface area contributed by atoms with Crippen molar-refractivity contribution in [3.63, 3.8) is 0 Å². The van der Waals surface area contributed by atoms with Crippen molar-refractivity contribution in [1.82, 2.24) is 10.6 Å². The van der Waals surface area contributed by atoms with Gasteiger partial charge in [-0.15, -0.1) is 0 Å². The molecule has 3 N–H and O–H groups in total. The fourth-order valence-electron chi connectivity index (χ4n) is 3.05. The molecule has 0 aliphatic heterocycles. The summed E-state index contributed by atoms with van der Waals surface area (Å²) in [6, 6.07) is 2.09. The van der Waals surface area contributed by atoms with Crippen LogP contribution in [0.3, 0.4) is 0 Å². The first kappa shape index (κ1) is 23.8. The van der Waals surface area contributed by atoms with Gasteiger partial charge in [-0.3, -0.25) is 9.59 Å². The Morgan fingerprint density at radius 3 is 2.32 bits per heavy atom. The van der Waals surface area contributed by atoms with Crippen molar-refractivity contribution in [1.29, 1.82) is 0 Å². The number of carbonyl (C=O) groups is 2. The molecule has 5 nitrogen and oxygen atoms in total. The number of hydrogen-bond donors (Lipinski definition) is 3. The average Bonchev–Trinajstić information content (AvgIpc) is 2.58. The Morgan fingerprint density at radius 1 is 1.14 bits per heavy atom. The molecule has 2 amide bonds. The fraction of sp³-hybridized carbons (Fsp3) is 0.524. The maximum Gasteiger partial charge on any atom is 0.243 e. The zero-order valence-corrected chi connectivity index (χ0v) is 16.7. The summed E-state index contributed by atoms with van der Waals surface area (Å²) in [5, 5.41) is 16.2. The quantitative estimate of drug-likeness (QED) is 0.503. The van der Waals surface area contributed by atoms with Crippen LogP contribution in [0, 0.1) is 11.6 Å². The van der Waals surface area contributed by atoms with E-state index in [0.29, 0.717) is 12.0 Å². The molecule has 156 valence electrons. The lowest BCUT2D eigenvalue weighted by molar-refractivity contribution is -0.121. The van der Waals surface area contributed by atoms with Crippen LogP contribution in [-0.4, -0.2) is 35.1 Å². The van der Waals surface area contributed by atoms with Gasteiger partial charge >= 0.3 is 0 Å². The lowest BCUT2D eigenvalue weighted by atomic mass is 9.94. The van der Waals surface area contributed by atoms with E-state index in [-0.39, 0.29) is 30.7 Å². The molecule has 0 spiro atoms. The standard InChI is InChI=1S/C21H30F2N2O3/c1-4-6-8-21(28)25-18(7-5-2)13-20(27)19(24-14(3)26)11-15-9-16(22)12-17(23)10-15/h6,8-10,12,18-20,27H,4-5,7,11,13H2,1-3H3,(H,24,26)(H,25,28)/t18?,19-,20-/m0/s1. The maximum absolute atomic E-state index is 13.5. The van der Waals surface area contributed by atoms with Crippen molar-refractivity contribution in [2.75, 3.05) is 0 Å². The second kappa shape index (κ2) is 12.2. The molecule has 3 atom stereocenters. The Labute approximate surface area is 165 Å². The van der Waals surface area contributed by atoms with Crippen molar-refractivity contribution in [2.45, 2.75) is 71.1 Å². The van der Waals surface area contributed by atoms with Crippen LogP contribution in [0.1, 0.15) is 52.0 Å². The molecule has 7 heteroatoms. The number of rotatable bonds is 11. The molecule has 0 heterocycles. The third-order valence-corrected chi connectivity index (χ3v) is 4.25. The molecule has 1 aromatic carbocycles. The topological polar surface area (TPSA) is 78.4 Å². The molecule has 1 rings (SSSR count). The van der Waals surface area contributed by atoms with Gasteiger partial charge in [-0.2, -0.15) is 0 Å². The van der Waals surface area contributed by atoms with E-state index in [1.807, 2.05) is 13.8 Å². The Morgan fingerprint density at radius 2 is 1.79 bits per heavy atom. The fourth-order valence-corrected chi connectivity index (χ4v) is 3.05. The number of allylic oxidation sites excluding steroid dienone is 1. The Kier molecular flexibility index (Phi) is 10.4. The monoisotopic (exact) mass is 396 g/mol. The maximum atomic E-state index is 13.5. The number of halogens is 2. The van der Waals surface area contributed by atoms with E-state index < -0.39 is 23.8 Å². The van der Waals surface area contributed by atoms with E-state index in [1.54, 1.807) is 6.08 Å². The minimum absolute atomic E-state index is 0.0674. The highest BCUT2D eigenvalue weighted by Gasteiger charge is 2.25. The minimum Gasteiger partial charge on any atom is -0.391 e. The van der Waals surface area contributed by atoms with Crippen molar-refractivity contribution in [2.24, 2.45) is 0 Å². The van der Waals surface area contributed by atoms with Gasteiger partial charge in [0.2, 0.25) is 11.8 Å². The molecule has 0 aromatic heterocycles. The Bertz CT molecular complexity index is 659. The molecular formula is C21H30F2N2O3. The number of amides is 2. The van der Waals surface area contributed by atoms with E-state index in [4.69, 9.17) is 0 Å². The third-order valence-electron chi connectivity index (χ3n) is 4.25. The summed E-state index contributed by atoms with van der Waals surface area (Å²) >= 11 is 0. The van der Waals surface area contributed by atoms with Gasteiger partial charge in [-0.25, -0.2) is 8.78 Å². The van der Waals surface area contributed by atoms with Crippen molar-refractivity contribution >= 4 is 11.8 Å². The molecule has 0 saturated carbocycles. The number of hydrogen-bond acceptors (Lipinski definition) is 3. The summed E-state index contributed by atoms with van der Waals surface area (Å²) in [5.41, 5.74) is 0.331. The first-order valence-corrected chi connectivity index (χ1v) is 9.62. The van der Waals surface area contributed by atoms with Gasteiger partial charge in [-0.1, -0.05) is 26.3 Å². The molecule has 0 aliphatic carbocycles. The zero-order valence-electron chi connectivity index (χ0n) is 16.7. The van der Waals surface area contributed by atoms with Crippen LogP contribution in [0.25, 0.3) is 0 Å². The third kappa shape index (κ3) is 9.08. The van der Waals surface area contributed by atoms with Gasteiger partial charge in [0, 0.05) is 19.0 Å². The van der Waals surface area contributed by atoms with E-state index in [0.717, 1.165) is 18.9 Å². The molecule has 28 heavy (non-hydrogen) atoms. The van der Waals surface area contributed by atoms with Crippen molar-refractivity contribution < 1.29 is 23.5 Å². The predicted molar refractivity (Wildman–Crippen MR) is 105 cm³/mol. The van der Waals surface area contributed by atoms with Crippen LogP contribution >= 0.6 is 0 Å². The second-order valence-electron chi connectivity index (χ2n) is 6.90. The normalized spacial score (nSPS) is 14.5. The highest BCUT2D eigenvalue weighted by Crippen LogP contribution is 2.15. The highest BCUT2D eigenvalue weighted by molar-refractivity contribution is 5.87. The first-order chi connectivity index (χ1) is 13.2. The summed E-state index contributed by atoms with van der Waals surface area (Å²) in [4.78, 5) is 23.5. The van der Waals surface area contributed by atoms with Gasteiger partial charge in [0.25, 0.3) is 0 Å². The van der Waals surface area contributed by atoms with Crippen LogP contribution in [0.15, 0.2) is 30.4 Å². The molecule has 0 bridgehead atoms. The van der Waals surface area contributed by atoms with E-state index >= 15 is 0 Å². The number of carbonyl (C=O) groups excluding carboxylic acids is 2. The zero-order chi connectivity index (χ0) is 21.1. The average molecular weight is 396 g/mol. The van der Waals surface area contributed by atoms with Crippen LogP contribution < -0.4 is 10.6 Å². The minimum atomic E-state index is -0.998. The predicted octanol–water partition coefficient (Wildman–Crippen LogP) is 3.01. The van der Waals surface area contributed by atoms with E-state index in [9.17, 15) is 23.5 Å². The van der Waals surface area contributed by atoms with Crippen LogP contribution in [-0.2, 0) is 16.0 Å². The summed E-state index contributed by atoms with van der Waals surface area (Å²) in [5.74, 6) is -2.03. The summed E-state index contributed by atoms with van der Waals surface area (Å²) in [6.07, 6.45) is 4.67. The number of nitrogens with one attached hydrogen (secondary N) is 2. The van der Waals surface area contributed by atoms with Gasteiger partial charge in [0.1, 0.15) is 11.6 Å². The first-order valence-electron chi connectivity index (χ1n) is 9.62. The Hall–Kier alpha value is -2.28. The summed E-state index contributed by atoms with van der Waals surface area (Å²) < 4.78 is 26.9. The van der Waals surface area contributed by atoms with E-state index in [2.05, 4.69) is 10.6 Å². The van der Waals surface area contributed by atoms with Gasteiger partial charge in [-0.05, 0) is 49.5 Å². The lowest BCUT2D eigenvalue weighted by Gasteiger charge is -2.28. The van der Waals surface area contributed by atoms with E-state index in [1.165, 1.54) is 25.1 Å². The largest absolute Gasteiger partial charge is 0.391 e. The van der Waals surface area contributed by atoms with Crippen molar-refractivity contribution in [3.8, 4) is 0 Å². The second-order valence-corrected chi connectivity index (χ2v) is 6.90. The van der Waals surface area contributed by atoms with Crippen LogP contribution in [0.5, 0.6) is 0 Å². The molecule has 1 unspecified atom stereocenters. The summed E-state index contributed by atoms with van der Waals surface area (Å²) in [7, 11) is 0. The van der Waals surface area contributed by atoms with Crippen LogP contribution in [0.2, 0.25) is 0 Å². The molecule has 0 fully saturated rings. The highest BCUT2D eigenvalue weighted by atomic mass is 19.1. The smallest absolute Gasteiger partial charge is 0.243 e. The number of aliphatic hydroxyl groups excluding tert-OH is 1. The molecule has 0 aliphatic rings. The van der Waals surface area contributed by atoms with Gasteiger partial charge in [0.15, 0.2) is 0 Å².